The number of hydrogen-bond donors (Lipinski definition) is 1. The second-order valence-electron chi connectivity index (χ2n) is 3.45. The summed E-state index contributed by atoms with van der Waals surface area (Å²) in [7, 11) is -1.06. The predicted molar refractivity (Wildman–Crippen MR) is 73.8 cm³/mol. The van der Waals surface area contributed by atoms with E-state index >= 15 is 0 Å². The van der Waals surface area contributed by atoms with Crippen LogP contribution < -0.4 is 0 Å². The Morgan fingerprint density at radius 2 is 2.17 bits per heavy atom. The lowest BCUT2D eigenvalue weighted by atomic mass is 10.2. The first-order chi connectivity index (χ1) is 8.34. The molecule has 0 spiro atoms. The lowest BCUT2D eigenvalue weighted by Crippen LogP contribution is -2.13. The van der Waals surface area contributed by atoms with Crippen LogP contribution in [-0.4, -0.2) is 26.3 Å². The van der Waals surface area contributed by atoms with Crippen molar-refractivity contribution in [2.45, 2.75) is 10.2 Å². The maximum atomic E-state index is 9.30. The first-order valence-corrected chi connectivity index (χ1v) is 7.57. The van der Waals surface area contributed by atoms with Crippen molar-refractivity contribution in [3.05, 3.63) is 29.6 Å². The van der Waals surface area contributed by atoms with Crippen LogP contribution in [-0.2, 0) is 21.2 Å². The van der Waals surface area contributed by atoms with Gasteiger partial charge in [0.15, 0.2) is 5.26 Å². The lowest BCUT2D eigenvalue weighted by Gasteiger charge is -2.10. The van der Waals surface area contributed by atoms with E-state index < -0.39 is 14.8 Å². The summed E-state index contributed by atoms with van der Waals surface area (Å²) in [6.07, 6.45) is 5.66. The maximum Gasteiger partial charge on any atom is 0.467 e. The van der Waals surface area contributed by atoms with E-state index in [0.29, 0.717) is 18.7 Å². The Morgan fingerprint density at radius 3 is 2.56 bits per heavy atom. The first-order valence-electron chi connectivity index (χ1n) is 4.89. The van der Waals surface area contributed by atoms with Gasteiger partial charge in [0.25, 0.3) is 0 Å². The van der Waals surface area contributed by atoms with Gasteiger partial charge in [-0.1, -0.05) is 40.9 Å². The monoisotopic (exact) mass is 326 g/mol. The SMILES string of the molecule is CS(O)=[N+](C#N)CCc1ccc(C(Cl)(Cl)Cl)nc1. The van der Waals surface area contributed by atoms with Crippen LogP contribution in [0.3, 0.4) is 0 Å². The van der Waals surface area contributed by atoms with Crippen LogP contribution in [0.4, 0.5) is 0 Å². The van der Waals surface area contributed by atoms with Crippen molar-refractivity contribution in [3.63, 3.8) is 0 Å². The highest BCUT2D eigenvalue weighted by atomic mass is 35.6. The minimum Gasteiger partial charge on any atom is -0.306 e. The third kappa shape index (κ3) is 4.71. The number of alkyl halides is 3. The fourth-order valence-electron chi connectivity index (χ4n) is 1.21. The minimum atomic E-state index is -1.53. The van der Waals surface area contributed by atoms with Crippen LogP contribution >= 0.6 is 34.8 Å². The van der Waals surface area contributed by atoms with Gasteiger partial charge < -0.3 is 4.55 Å². The van der Waals surface area contributed by atoms with E-state index in [2.05, 4.69) is 4.98 Å². The summed E-state index contributed by atoms with van der Waals surface area (Å²) >= 11 is 17.1. The first kappa shape index (κ1) is 15.7. The summed E-state index contributed by atoms with van der Waals surface area (Å²) in [6.45, 7) is 0.418. The molecule has 1 unspecified atom stereocenters. The predicted octanol–water partition coefficient (Wildman–Crippen LogP) is 2.85. The van der Waals surface area contributed by atoms with Crippen molar-refractivity contribution in [1.82, 2.24) is 4.98 Å². The molecule has 0 amide bonds. The molecule has 0 aliphatic heterocycles. The van der Waals surface area contributed by atoms with E-state index in [0.717, 1.165) is 5.56 Å². The topological polar surface area (TPSA) is 59.9 Å². The van der Waals surface area contributed by atoms with Gasteiger partial charge in [-0.3, -0.25) is 4.98 Å². The van der Waals surface area contributed by atoms with Crippen LogP contribution in [0.25, 0.3) is 0 Å². The average molecular weight is 328 g/mol. The Balaban J connectivity index is 2.72. The van der Waals surface area contributed by atoms with Gasteiger partial charge in [0, 0.05) is 18.9 Å². The zero-order valence-electron chi connectivity index (χ0n) is 9.48. The summed E-state index contributed by atoms with van der Waals surface area (Å²) in [6, 6.07) is 3.41. The Hall–Kier alpha value is -0.380. The Labute approximate surface area is 123 Å². The van der Waals surface area contributed by atoms with Crippen molar-refractivity contribution in [3.8, 4) is 6.19 Å². The second kappa shape index (κ2) is 6.69. The Kier molecular flexibility index (Phi) is 5.83. The zero-order valence-corrected chi connectivity index (χ0v) is 12.6. The van der Waals surface area contributed by atoms with E-state index in [9.17, 15) is 4.55 Å². The highest BCUT2D eigenvalue weighted by Crippen LogP contribution is 2.36. The molecule has 1 heterocycles. The van der Waals surface area contributed by atoms with Crippen molar-refractivity contribution in [1.29, 1.82) is 5.26 Å². The molecular formula is C10H11Cl3N3OS+. The summed E-state index contributed by atoms with van der Waals surface area (Å²) in [5, 5.41) is 8.78. The number of pyridine rings is 1. The normalized spacial score (nSPS) is 13.9. The van der Waals surface area contributed by atoms with Crippen molar-refractivity contribution in [2.75, 3.05) is 12.8 Å². The molecule has 0 aromatic carbocycles. The maximum absolute atomic E-state index is 9.30. The fraction of sp³-hybridized carbons (Fsp3) is 0.400. The molecule has 18 heavy (non-hydrogen) atoms. The molecule has 1 aromatic rings. The highest BCUT2D eigenvalue weighted by molar-refractivity contribution is 7.78. The van der Waals surface area contributed by atoms with Crippen LogP contribution in [0.15, 0.2) is 18.3 Å². The quantitative estimate of drug-likeness (QED) is 0.402. The molecule has 1 N–H and O–H groups in total. The third-order valence-corrected chi connectivity index (χ3v) is 3.63. The van der Waals surface area contributed by atoms with Crippen LogP contribution in [0.2, 0.25) is 0 Å². The number of halogens is 3. The van der Waals surface area contributed by atoms with Gasteiger partial charge in [-0.25, -0.2) is 0 Å². The number of rotatable bonds is 3. The molecule has 0 bridgehead atoms. The highest BCUT2D eigenvalue weighted by Gasteiger charge is 2.24. The van der Waals surface area contributed by atoms with Crippen molar-refractivity contribution >= 4 is 45.8 Å². The van der Waals surface area contributed by atoms with Crippen molar-refractivity contribution in [2.24, 2.45) is 0 Å². The molecule has 0 fully saturated rings. The molecule has 4 nitrogen and oxygen atoms in total. The molecule has 0 saturated heterocycles. The van der Waals surface area contributed by atoms with E-state index in [4.69, 9.17) is 40.1 Å². The van der Waals surface area contributed by atoms with E-state index in [1.165, 1.54) is 3.95 Å². The van der Waals surface area contributed by atoms with Gasteiger partial charge in [0.1, 0.15) is 17.5 Å². The summed E-state index contributed by atoms with van der Waals surface area (Å²) in [4.78, 5) is 4.04. The van der Waals surface area contributed by atoms with Gasteiger partial charge in [-0.2, -0.15) is 0 Å². The smallest absolute Gasteiger partial charge is 0.306 e. The molecule has 0 saturated carbocycles. The number of nitriles is 1. The van der Waals surface area contributed by atoms with Crippen molar-refractivity contribution < 1.29 is 8.50 Å². The standard InChI is InChI=1S/C10H10Cl3N3OS/c1-18(17)16(7-14)5-4-8-2-3-9(15-6-8)10(11,12)13/h2-3,6H,4-5H2,1H3/p+1. The van der Waals surface area contributed by atoms with Crippen LogP contribution in [0, 0.1) is 11.5 Å². The van der Waals surface area contributed by atoms with Gasteiger partial charge in [-0.05, 0) is 11.6 Å². The molecule has 1 atom stereocenters. The van der Waals surface area contributed by atoms with Gasteiger partial charge in [0.2, 0.25) is 3.79 Å². The average Bonchev–Trinajstić information content (AvgIpc) is 2.29. The molecule has 1 aromatic heterocycles. The summed E-state index contributed by atoms with van der Waals surface area (Å²) in [5.41, 5.74) is 1.25. The minimum absolute atomic E-state index is 0.353. The fourth-order valence-corrected chi connectivity index (χ4v) is 2.02. The molecule has 0 aliphatic rings. The van der Waals surface area contributed by atoms with Gasteiger partial charge in [0.05, 0.1) is 5.69 Å². The lowest BCUT2D eigenvalue weighted by molar-refractivity contribution is -0.414. The Morgan fingerprint density at radius 1 is 1.50 bits per heavy atom. The van der Waals surface area contributed by atoms with E-state index in [1.807, 2.05) is 6.19 Å². The van der Waals surface area contributed by atoms with E-state index in [1.54, 1.807) is 24.6 Å². The summed E-state index contributed by atoms with van der Waals surface area (Å²) < 4.78 is 9.07. The molecular weight excluding hydrogens is 317 g/mol. The van der Waals surface area contributed by atoms with Gasteiger partial charge >= 0.3 is 6.19 Å². The van der Waals surface area contributed by atoms with E-state index in [-0.39, 0.29) is 0 Å². The number of nitrogens with zero attached hydrogens (tertiary/aromatic N) is 3. The molecule has 98 valence electrons. The number of hydrogen-bond acceptors (Lipinski definition) is 2. The van der Waals surface area contributed by atoms with Crippen LogP contribution in [0.1, 0.15) is 11.3 Å². The summed E-state index contributed by atoms with van der Waals surface area (Å²) in [5.74, 6) is 0. The van der Waals surface area contributed by atoms with Crippen LogP contribution in [0.5, 0.6) is 0 Å². The third-order valence-electron chi connectivity index (χ3n) is 2.15. The molecule has 1 rings (SSSR count). The second-order valence-corrected chi connectivity index (χ2v) is 7.06. The largest absolute Gasteiger partial charge is 0.467 e. The molecule has 8 heteroatoms. The molecule has 0 radical (unpaired) electrons. The number of aromatic nitrogens is 1. The van der Waals surface area contributed by atoms with Gasteiger partial charge in [-0.15, -0.1) is 3.95 Å². The zero-order chi connectivity index (χ0) is 13.8. The Bertz CT molecular complexity index is 487. The molecule has 0 aliphatic carbocycles.